The van der Waals surface area contributed by atoms with Crippen LogP contribution in [0.15, 0.2) is 66.3 Å². The zero-order valence-electron chi connectivity index (χ0n) is 11.3. The topological polar surface area (TPSA) is 42.0 Å². The van der Waals surface area contributed by atoms with Crippen LogP contribution < -0.4 is 5.32 Å². The first-order chi connectivity index (χ1) is 10.3. The second-order valence-electron chi connectivity index (χ2n) is 4.60. The highest BCUT2D eigenvalue weighted by molar-refractivity contribution is 7.13. The Morgan fingerprint density at radius 3 is 2.86 bits per heavy atom. The minimum Gasteiger partial charge on any atom is -0.348 e. The van der Waals surface area contributed by atoms with Crippen LogP contribution in [-0.4, -0.2) is 10.9 Å². The number of carbonyl (C=O) groups is 1. The number of aromatic nitrogens is 1. The van der Waals surface area contributed by atoms with Gasteiger partial charge in [-0.15, -0.1) is 11.3 Å². The second-order valence-corrected chi connectivity index (χ2v) is 5.55. The van der Waals surface area contributed by atoms with Crippen molar-refractivity contribution in [3.8, 4) is 10.4 Å². The lowest BCUT2D eigenvalue weighted by atomic mass is 10.1. The molecule has 0 aliphatic carbocycles. The maximum Gasteiger partial charge on any atom is 0.251 e. The van der Waals surface area contributed by atoms with Crippen molar-refractivity contribution in [1.82, 2.24) is 10.3 Å². The minimum absolute atomic E-state index is 0.0720. The van der Waals surface area contributed by atoms with Crippen LogP contribution in [0.3, 0.4) is 0 Å². The molecular formula is C17H14N2OS. The molecule has 0 fully saturated rings. The third-order valence-electron chi connectivity index (χ3n) is 3.11. The van der Waals surface area contributed by atoms with Gasteiger partial charge in [0.15, 0.2) is 0 Å². The van der Waals surface area contributed by atoms with Crippen LogP contribution in [0.4, 0.5) is 0 Å². The van der Waals surface area contributed by atoms with Gasteiger partial charge in [-0.25, -0.2) is 0 Å². The molecule has 0 aliphatic heterocycles. The van der Waals surface area contributed by atoms with Crippen LogP contribution in [0.1, 0.15) is 15.9 Å². The summed E-state index contributed by atoms with van der Waals surface area (Å²) < 4.78 is 0. The Bertz CT molecular complexity index is 724. The lowest BCUT2D eigenvalue weighted by molar-refractivity contribution is 0.0951. The van der Waals surface area contributed by atoms with E-state index in [0.29, 0.717) is 12.1 Å². The fourth-order valence-corrected chi connectivity index (χ4v) is 2.77. The lowest BCUT2D eigenvalue weighted by Gasteiger charge is -2.06. The fraction of sp³-hybridized carbons (Fsp3) is 0.0588. The Hall–Kier alpha value is -2.46. The zero-order chi connectivity index (χ0) is 14.5. The van der Waals surface area contributed by atoms with E-state index in [1.165, 1.54) is 0 Å². The lowest BCUT2D eigenvalue weighted by Crippen LogP contribution is -2.22. The molecule has 1 N–H and O–H groups in total. The number of amides is 1. The molecule has 0 aliphatic rings. The molecule has 4 heteroatoms. The molecule has 3 rings (SSSR count). The van der Waals surface area contributed by atoms with Gasteiger partial charge in [0.2, 0.25) is 0 Å². The van der Waals surface area contributed by atoms with Gasteiger partial charge in [0, 0.05) is 29.4 Å². The summed E-state index contributed by atoms with van der Waals surface area (Å²) in [6.07, 6.45) is 3.47. The normalized spacial score (nSPS) is 10.3. The summed E-state index contributed by atoms with van der Waals surface area (Å²) >= 11 is 1.67. The van der Waals surface area contributed by atoms with Crippen LogP contribution in [0.2, 0.25) is 0 Å². The quantitative estimate of drug-likeness (QED) is 0.796. The van der Waals surface area contributed by atoms with Gasteiger partial charge in [0.1, 0.15) is 0 Å². The highest BCUT2D eigenvalue weighted by Crippen LogP contribution is 2.25. The molecule has 0 bridgehead atoms. The molecule has 0 spiro atoms. The Balaban J connectivity index is 1.72. The van der Waals surface area contributed by atoms with E-state index in [2.05, 4.69) is 16.4 Å². The summed E-state index contributed by atoms with van der Waals surface area (Å²) in [7, 11) is 0. The summed E-state index contributed by atoms with van der Waals surface area (Å²) in [5.74, 6) is -0.0720. The average molecular weight is 294 g/mol. The van der Waals surface area contributed by atoms with Crippen molar-refractivity contribution >= 4 is 17.2 Å². The molecule has 104 valence electrons. The largest absolute Gasteiger partial charge is 0.348 e. The molecule has 0 atom stereocenters. The van der Waals surface area contributed by atoms with E-state index in [9.17, 15) is 4.79 Å². The average Bonchev–Trinajstić information content (AvgIpc) is 3.08. The zero-order valence-corrected chi connectivity index (χ0v) is 12.1. The van der Waals surface area contributed by atoms with E-state index in [1.807, 2.05) is 47.8 Å². The number of hydrogen-bond acceptors (Lipinski definition) is 3. The van der Waals surface area contributed by atoms with E-state index < -0.39 is 0 Å². The van der Waals surface area contributed by atoms with Gasteiger partial charge in [-0.3, -0.25) is 9.78 Å². The number of rotatable bonds is 4. The number of nitrogens with one attached hydrogen (secondary N) is 1. The van der Waals surface area contributed by atoms with Crippen LogP contribution in [-0.2, 0) is 6.54 Å². The van der Waals surface area contributed by atoms with Crippen molar-refractivity contribution in [2.24, 2.45) is 0 Å². The molecule has 1 aromatic carbocycles. The molecule has 0 saturated heterocycles. The predicted octanol–water partition coefficient (Wildman–Crippen LogP) is 3.74. The third kappa shape index (κ3) is 3.35. The van der Waals surface area contributed by atoms with Crippen LogP contribution >= 0.6 is 11.3 Å². The molecule has 0 saturated carbocycles. The number of benzene rings is 1. The number of thiophene rings is 1. The van der Waals surface area contributed by atoms with Crippen molar-refractivity contribution in [1.29, 1.82) is 0 Å². The summed E-state index contributed by atoms with van der Waals surface area (Å²) in [6, 6.07) is 15.5. The van der Waals surface area contributed by atoms with E-state index >= 15 is 0 Å². The summed E-state index contributed by atoms with van der Waals surface area (Å²) in [5, 5.41) is 4.94. The summed E-state index contributed by atoms with van der Waals surface area (Å²) in [4.78, 5) is 17.4. The first-order valence-electron chi connectivity index (χ1n) is 6.64. The SMILES string of the molecule is O=C(NCc1cccnc1)c1cccc(-c2cccs2)c1. The van der Waals surface area contributed by atoms with Gasteiger partial charge >= 0.3 is 0 Å². The molecule has 3 nitrogen and oxygen atoms in total. The Kier molecular flexibility index (Phi) is 4.07. The van der Waals surface area contributed by atoms with Crippen molar-refractivity contribution in [2.75, 3.05) is 0 Å². The molecule has 0 radical (unpaired) electrons. The van der Waals surface area contributed by atoms with Crippen molar-refractivity contribution < 1.29 is 4.79 Å². The number of nitrogens with zero attached hydrogens (tertiary/aromatic N) is 1. The Labute approximate surface area is 127 Å². The van der Waals surface area contributed by atoms with Gasteiger partial charge < -0.3 is 5.32 Å². The van der Waals surface area contributed by atoms with Gasteiger partial charge in [0.05, 0.1) is 0 Å². The minimum atomic E-state index is -0.0720. The van der Waals surface area contributed by atoms with Crippen molar-refractivity contribution in [2.45, 2.75) is 6.54 Å². The molecular weight excluding hydrogens is 280 g/mol. The predicted molar refractivity (Wildman–Crippen MR) is 85.2 cm³/mol. The number of pyridine rings is 1. The highest BCUT2D eigenvalue weighted by atomic mass is 32.1. The standard InChI is InChI=1S/C17H14N2OS/c20-17(19-12-13-4-2-8-18-11-13)15-6-1-5-14(10-15)16-7-3-9-21-16/h1-11H,12H2,(H,19,20). The molecule has 1 amide bonds. The number of carbonyl (C=O) groups excluding carboxylic acids is 1. The maximum atomic E-state index is 12.2. The van der Waals surface area contributed by atoms with Gasteiger partial charge in [-0.1, -0.05) is 24.3 Å². The van der Waals surface area contributed by atoms with E-state index in [1.54, 1.807) is 23.7 Å². The van der Waals surface area contributed by atoms with Crippen molar-refractivity contribution in [3.63, 3.8) is 0 Å². The first kappa shape index (κ1) is 13.5. The smallest absolute Gasteiger partial charge is 0.251 e. The second kappa shape index (κ2) is 6.33. The van der Waals surface area contributed by atoms with Crippen LogP contribution in [0.25, 0.3) is 10.4 Å². The molecule has 0 unspecified atom stereocenters. The summed E-state index contributed by atoms with van der Waals surface area (Å²) in [6.45, 7) is 0.482. The Morgan fingerprint density at radius 1 is 1.14 bits per heavy atom. The highest BCUT2D eigenvalue weighted by Gasteiger charge is 2.07. The van der Waals surface area contributed by atoms with E-state index in [-0.39, 0.29) is 5.91 Å². The van der Waals surface area contributed by atoms with Crippen LogP contribution in [0, 0.1) is 0 Å². The first-order valence-corrected chi connectivity index (χ1v) is 7.52. The maximum absolute atomic E-state index is 12.2. The molecule has 2 aromatic heterocycles. The fourth-order valence-electron chi connectivity index (χ4n) is 2.04. The number of hydrogen-bond donors (Lipinski definition) is 1. The summed E-state index contributed by atoms with van der Waals surface area (Å²) in [5.41, 5.74) is 2.73. The molecule has 2 heterocycles. The van der Waals surface area contributed by atoms with E-state index in [0.717, 1.165) is 16.0 Å². The monoisotopic (exact) mass is 294 g/mol. The van der Waals surface area contributed by atoms with Gasteiger partial charge in [-0.05, 0) is 40.8 Å². The molecule has 3 aromatic rings. The van der Waals surface area contributed by atoms with Crippen molar-refractivity contribution in [3.05, 3.63) is 77.4 Å². The van der Waals surface area contributed by atoms with Gasteiger partial charge in [-0.2, -0.15) is 0 Å². The molecule has 21 heavy (non-hydrogen) atoms. The third-order valence-corrected chi connectivity index (χ3v) is 4.03. The Morgan fingerprint density at radius 2 is 2.10 bits per heavy atom. The van der Waals surface area contributed by atoms with Crippen LogP contribution in [0.5, 0.6) is 0 Å². The van der Waals surface area contributed by atoms with E-state index in [4.69, 9.17) is 0 Å². The van der Waals surface area contributed by atoms with Gasteiger partial charge in [0.25, 0.3) is 5.91 Å².